The molecule has 0 aliphatic carbocycles. The van der Waals surface area contributed by atoms with Crippen LogP contribution in [0.15, 0.2) is 110 Å². The van der Waals surface area contributed by atoms with Crippen LogP contribution in [-0.2, 0) is 0 Å². The van der Waals surface area contributed by atoms with Gasteiger partial charge in [-0.1, -0.05) is 24.3 Å². The fraction of sp³-hybridized carbons (Fsp3) is 0.0286. The van der Waals surface area contributed by atoms with E-state index in [0.717, 1.165) is 49.6 Å². The molecule has 0 radical (unpaired) electrons. The van der Waals surface area contributed by atoms with E-state index in [0.29, 0.717) is 29.0 Å². The Morgan fingerprint density at radius 2 is 1.10 bits per heavy atom. The molecular weight excluding hydrogens is 602 g/mol. The fourth-order valence-electron chi connectivity index (χ4n) is 5.07. The van der Waals surface area contributed by atoms with Crippen LogP contribution in [0.25, 0.3) is 56.0 Å². The maximum atomic E-state index is 9.01. The van der Waals surface area contributed by atoms with Gasteiger partial charge in [-0.2, -0.15) is 30.1 Å². The van der Waals surface area contributed by atoms with Crippen molar-refractivity contribution in [1.29, 1.82) is 10.5 Å². The standard InChI is InChI=1S/C18H12N6.C17H11N7/c1-12-6-15(10-20-9-12)13-2-3-14-11-22-24(17(14)7-13)18-21-5-4-16(8-19)23-18;18-7-15-3-4-21-17(23-15)24-16-6-11(1-2-12(16)9-22-24)13-5-14(19)10-20-8-13/h2-7,9-11H,1H3;1-6,8-10H,19H2. The van der Waals surface area contributed by atoms with Crippen molar-refractivity contribution in [2.24, 2.45) is 0 Å². The smallest absolute Gasteiger partial charge is 0.252 e. The molecule has 228 valence electrons. The van der Waals surface area contributed by atoms with Crippen molar-refractivity contribution in [3.63, 3.8) is 0 Å². The Bertz CT molecular complexity index is 2360. The first-order chi connectivity index (χ1) is 23.5. The number of anilines is 1. The van der Waals surface area contributed by atoms with Gasteiger partial charge in [-0.05, 0) is 60.0 Å². The largest absolute Gasteiger partial charge is 0.397 e. The van der Waals surface area contributed by atoms with Crippen molar-refractivity contribution in [3.8, 4) is 46.3 Å². The summed E-state index contributed by atoms with van der Waals surface area (Å²) in [5.74, 6) is 0.732. The molecule has 13 heteroatoms. The van der Waals surface area contributed by atoms with Gasteiger partial charge in [-0.25, -0.2) is 19.9 Å². The number of aryl methyl sites for hydroxylation is 1. The Morgan fingerprint density at radius 3 is 1.60 bits per heavy atom. The molecule has 0 atom stereocenters. The van der Waals surface area contributed by atoms with E-state index in [4.69, 9.17) is 16.3 Å². The van der Waals surface area contributed by atoms with Crippen molar-refractivity contribution in [2.45, 2.75) is 6.92 Å². The molecule has 0 spiro atoms. The molecule has 0 aliphatic heterocycles. The summed E-state index contributed by atoms with van der Waals surface area (Å²) in [6, 6.07) is 23.1. The highest BCUT2D eigenvalue weighted by molar-refractivity contribution is 5.86. The molecule has 0 amide bonds. The molecule has 48 heavy (non-hydrogen) atoms. The zero-order valence-electron chi connectivity index (χ0n) is 25.3. The van der Waals surface area contributed by atoms with Crippen molar-refractivity contribution in [1.82, 2.24) is 49.5 Å². The average Bonchev–Trinajstić information content (AvgIpc) is 3.76. The minimum absolute atomic E-state index is 0.292. The van der Waals surface area contributed by atoms with Gasteiger partial charge in [0.25, 0.3) is 11.9 Å². The van der Waals surface area contributed by atoms with Gasteiger partial charge in [0.2, 0.25) is 0 Å². The molecule has 0 saturated heterocycles. The minimum atomic E-state index is 0.292. The third-order valence-corrected chi connectivity index (χ3v) is 7.34. The number of fused-ring (bicyclic) bond motifs is 2. The molecule has 0 aliphatic rings. The topological polar surface area (TPSA) is 187 Å². The molecular formula is C35H23N13. The molecule has 8 aromatic rings. The Hall–Kier alpha value is -7.38. The van der Waals surface area contributed by atoms with Gasteiger partial charge in [0.15, 0.2) is 0 Å². The number of nitrogen functional groups attached to an aromatic ring is 1. The first kappa shape index (κ1) is 29.3. The lowest BCUT2D eigenvalue weighted by molar-refractivity contribution is 0.829. The Kier molecular flexibility index (Phi) is 7.67. The number of aromatic nitrogens is 10. The molecule has 2 N–H and O–H groups in total. The number of pyridine rings is 2. The second-order valence-electron chi connectivity index (χ2n) is 10.6. The molecule has 0 unspecified atom stereocenters. The van der Waals surface area contributed by atoms with Gasteiger partial charge < -0.3 is 5.73 Å². The number of benzene rings is 2. The average molecular weight is 626 g/mol. The van der Waals surface area contributed by atoms with Crippen molar-refractivity contribution < 1.29 is 0 Å². The quantitative estimate of drug-likeness (QED) is 0.264. The van der Waals surface area contributed by atoms with Crippen molar-refractivity contribution in [3.05, 3.63) is 127 Å². The molecule has 6 heterocycles. The molecule has 13 nitrogen and oxygen atoms in total. The maximum Gasteiger partial charge on any atom is 0.252 e. The van der Waals surface area contributed by atoms with E-state index < -0.39 is 0 Å². The molecule has 2 aromatic carbocycles. The fourth-order valence-corrected chi connectivity index (χ4v) is 5.07. The van der Waals surface area contributed by atoms with Gasteiger partial charge in [-0.15, -0.1) is 0 Å². The van der Waals surface area contributed by atoms with Gasteiger partial charge >= 0.3 is 0 Å². The first-order valence-electron chi connectivity index (χ1n) is 14.5. The number of nitrogens with zero attached hydrogens (tertiary/aromatic N) is 12. The maximum absolute atomic E-state index is 9.01. The summed E-state index contributed by atoms with van der Waals surface area (Å²) < 4.78 is 3.25. The second-order valence-corrected chi connectivity index (χ2v) is 10.6. The van der Waals surface area contributed by atoms with E-state index in [9.17, 15) is 0 Å². The van der Waals surface area contributed by atoms with Crippen LogP contribution in [0, 0.1) is 29.6 Å². The second kappa shape index (κ2) is 12.5. The third-order valence-electron chi connectivity index (χ3n) is 7.34. The van der Waals surface area contributed by atoms with E-state index in [1.807, 2.05) is 73.9 Å². The van der Waals surface area contributed by atoms with Crippen LogP contribution in [0.5, 0.6) is 0 Å². The predicted molar refractivity (Wildman–Crippen MR) is 178 cm³/mol. The summed E-state index contributed by atoms with van der Waals surface area (Å²) in [7, 11) is 0. The highest BCUT2D eigenvalue weighted by atomic mass is 15.3. The molecule has 8 rings (SSSR count). The summed E-state index contributed by atoms with van der Waals surface area (Å²) in [4.78, 5) is 25.2. The number of nitrogens with two attached hydrogens (primary N) is 1. The molecule has 0 bridgehead atoms. The lowest BCUT2D eigenvalue weighted by Gasteiger charge is -2.05. The summed E-state index contributed by atoms with van der Waals surface area (Å²) in [5.41, 5.74) is 13.8. The van der Waals surface area contributed by atoms with Gasteiger partial charge in [0.1, 0.15) is 23.5 Å². The lowest BCUT2D eigenvalue weighted by Crippen LogP contribution is -2.03. The third kappa shape index (κ3) is 5.85. The van der Waals surface area contributed by atoms with Crippen LogP contribution in [0.2, 0.25) is 0 Å². The summed E-state index contributed by atoms with van der Waals surface area (Å²) in [5, 5.41) is 28.6. The van der Waals surface area contributed by atoms with Crippen LogP contribution in [0.4, 0.5) is 5.69 Å². The molecule has 0 saturated carbocycles. The van der Waals surface area contributed by atoms with E-state index in [1.165, 1.54) is 0 Å². The number of rotatable bonds is 4. The number of hydrogen-bond acceptors (Lipinski definition) is 11. The van der Waals surface area contributed by atoms with Gasteiger partial charge in [-0.3, -0.25) is 9.97 Å². The van der Waals surface area contributed by atoms with Crippen molar-refractivity contribution in [2.75, 3.05) is 5.73 Å². The minimum Gasteiger partial charge on any atom is -0.397 e. The van der Waals surface area contributed by atoms with Gasteiger partial charge in [0, 0.05) is 59.1 Å². The van der Waals surface area contributed by atoms with E-state index >= 15 is 0 Å². The van der Waals surface area contributed by atoms with Crippen LogP contribution >= 0.6 is 0 Å². The SMILES string of the molecule is Cc1cncc(-c2ccc3cnn(-c4nccc(C#N)n4)c3c2)c1.N#Cc1ccnc(-n2ncc3ccc(-c4cncc(N)c4)cc32)n1. The zero-order valence-corrected chi connectivity index (χ0v) is 25.3. The van der Waals surface area contributed by atoms with Crippen LogP contribution in [0.1, 0.15) is 17.0 Å². The summed E-state index contributed by atoms with van der Waals surface area (Å²) in [6.07, 6.45) is 13.6. The van der Waals surface area contributed by atoms with E-state index in [-0.39, 0.29) is 0 Å². The van der Waals surface area contributed by atoms with Gasteiger partial charge in [0.05, 0.1) is 29.1 Å². The number of nitriles is 2. The van der Waals surface area contributed by atoms with Crippen LogP contribution < -0.4 is 5.73 Å². The molecule has 6 aromatic heterocycles. The Balaban J connectivity index is 0.000000152. The lowest BCUT2D eigenvalue weighted by atomic mass is 10.1. The highest BCUT2D eigenvalue weighted by Crippen LogP contribution is 2.27. The first-order valence-corrected chi connectivity index (χ1v) is 14.5. The Labute approximate surface area is 273 Å². The van der Waals surface area contributed by atoms with Crippen LogP contribution in [0.3, 0.4) is 0 Å². The van der Waals surface area contributed by atoms with Crippen LogP contribution in [-0.4, -0.2) is 49.5 Å². The highest BCUT2D eigenvalue weighted by Gasteiger charge is 2.12. The van der Waals surface area contributed by atoms with E-state index in [2.05, 4.69) is 46.2 Å². The van der Waals surface area contributed by atoms with Crippen molar-refractivity contribution >= 4 is 27.5 Å². The summed E-state index contributed by atoms with van der Waals surface area (Å²) in [6.45, 7) is 2.01. The predicted octanol–water partition coefficient (Wildman–Crippen LogP) is 5.39. The normalized spacial score (nSPS) is 10.6. The summed E-state index contributed by atoms with van der Waals surface area (Å²) >= 11 is 0. The Morgan fingerprint density at radius 1 is 0.583 bits per heavy atom. The molecule has 0 fully saturated rings. The number of hydrogen-bond donors (Lipinski definition) is 1. The van der Waals surface area contributed by atoms with E-state index in [1.54, 1.807) is 58.7 Å². The monoisotopic (exact) mass is 625 g/mol. The zero-order chi connectivity index (χ0) is 33.0.